The maximum absolute atomic E-state index is 12.2. The third kappa shape index (κ3) is 3.52. The van der Waals surface area contributed by atoms with E-state index in [-0.39, 0.29) is 18.3 Å². The van der Waals surface area contributed by atoms with E-state index in [9.17, 15) is 9.90 Å². The van der Waals surface area contributed by atoms with Crippen molar-refractivity contribution < 1.29 is 14.3 Å². The number of aliphatic hydroxyl groups is 1. The topological polar surface area (TPSA) is 80.3 Å². The highest BCUT2D eigenvalue weighted by molar-refractivity contribution is 5.92. The number of hydrogen-bond donors (Lipinski definition) is 2. The molecule has 2 heterocycles. The van der Waals surface area contributed by atoms with E-state index in [4.69, 9.17) is 4.42 Å². The summed E-state index contributed by atoms with van der Waals surface area (Å²) in [6, 6.07) is 5.23. The molecule has 0 aliphatic rings. The van der Waals surface area contributed by atoms with Gasteiger partial charge in [-0.3, -0.25) is 9.48 Å². The van der Waals surface area contributed by atoms with Gasteiger partial charge in [0.05, 0.1) is 18.7 Å². The predicted octanol–water partition coefficient (Wildman–Crippen LogP) is 1.81. The molecule has 0 aromatic carbocycles. The molecule has 1 amide bonds. The van der Waals surface area contributed by atoms with Crippen molar-refractivity contribution in [3.05, 3.63) is 42.1 Å². The maximum Gasteiger partial charge on any atom is 0.287 e. The summed E-state index contributed by atoms with van der Waals surface area (Å²) in [5.74, 6) is 0.600. The van der Waals surface area contributed by atoms with Crippen molar-refractivity contribution in [2.75, 3.05) is 6.61 Å². The van der Waals surface area contributed by atoms with Crippen molar-refractivity contribution in [3.8, 4) is 0 Å². The van der Waals surface area contributed by atoms with Crippen molar-refractivity contribution in [2.45, 2.75) is 38.8 Å². The molecule has 21 heavy (non-hydrogen) atoms. The van der Waals surface area contributed by atoms with Gasteiger partial charge in [0.25, 0.3) is 5.91 Å². The Balaban J connectivity index is 2.05. The Morgan fingerprint density at radius 1 is 1.43 bits per heavy atom. The van der Waals surface area contributed by atoms with Crippen LogP contribution < -0.4 is 5.32 Å². The van der Waals surface area contributed by atoms with Crippen LogP contribution >= 0.6 is 0 Å². The number of aromatic nitrogens is 2. The van der Waals surface area contributed by atoms with Gasteiger partial charge in [0.1, 0.15) is 5.76 Å². The Morgan fingerprint density at radius 3 is 2.76 bits per heavy atom. The highest BCUT2D eigenvalue weighted by Gasteiger charge is 2.28. The van der Waals surface area contributed by atoms with Gasteiger partial charge in [-0.2, -0.15) is 5.10 Å². The second-order valence-electron chi connectivity index (χ2n) is 5.07. The normalized spacial score (nSPS) is 11.6. The Hall–Kier alpha value is -2.08. The number of nitrogens with one attached hydrogen (secondary N) is 1. The highest BCUT2D eigenvalue weighted by atomic mass is 16.4. The van der Waals surface area contributed by atoms with E-state index >= 15 is 0 Å². The van der Waals surface area contributed by atoms with Crippen LogP contribution in [0.1, 0.15) is 43.0 Å². The quantitative estimate of drug-likeness (QED) is 0.815. The molecule has 0 aliphatic carbocycles. The van der Waals surface area contributed by atoms with Gasteiger partial charge in [-0.15, -0.1) is 0 Å². The zero-order valence-electron chi connectivity index (χ0n) is 12.4. The summed E-state index contributed by atoms with van der Waals surface area (Å²) in [4.78, 5) is 12.2. The smallest absolute Gasteiger partial charge is 0.287 e. The number of carbonyl (C=O) groups excluding carboxylic acids is 1. The molecule has 0 saturated carbocycles. The van der Waals surface area contributed by atoms with Crippen LogP contribution in [0.3, 0.4) is 0 Å². The van der Waals surface area contributed by atoms with Gasteiger partial charge in [0.15, 0.2) is 5.76 Å². The van der Waals surface area contributed by atoms with Crippen molar-refractivity contribution in [1.82, 2.24) is 15.1 Å². The van der Waals surface area contributed by atoms with Crippen LogP contribution in [0.25, 0.3) is 0 Å². The fourth-order valence-electron chi connectivity index (χ4n) is 2.13. The zero-order chi connectivity index (χ0) is 15.3. The summed E-state index contributed by atoms with van der Waals surface area (Å²) in [7, 11) is 0. The first-order valence-electron chi connectivity index (χ1n) is 7.12. The summed E-state index contributed by atoms with van der Waals surface area (Å²) in [6.07, 6.45) is 4.83. The summed E-state index contributed by atoms with van der Waals surface area (Å²) in [5.41, 5.74) is -0.591. The molecule has 0 bridgehead atoms. The number of aliphatic hydroxyl groups excluding tert-OH is 1. The molecule has 6 heteroatoms. The van der Waals surface area contributed by atoms with Crippen LogP contribution in [-0.4, -0.2) is 32.9 Å². The van der Waals surface area contributed by atoms with Gasteiger partial charge in [-0.25, -0.2) is 0 Å². The minimum Gasteiger partial charge on any atom is -0.454 e. The van der Waals surface area contributed by atoms with Gasteiger partial charge in [-0.05, 0) is 31.0 Å². The molecular formula is C15H21N3O3. The van der Waals surface area contributed by atoms with Crippen LogP contribution in [0, 0.1) is 0 Å². The lowest BCUT2D eigenvalue weighted by atomic mass is 9.94. The second-order valence-corrected chi connectivity index (χ2v) is 5.07. The van der Waals surface area contributed by atoms with E-state index in [1.54, 1.807) is 23.0 Å². The molecule has 0 atom stereocenters. The molecule has 2 aromatic rings. The molecule has 0 fully saturated rings. The van der Waals surface area contributed by atoms with Crippen molar-refractivity contribution in [1.29, 1.82) is 0 Å². The van der Waals surface area contributed by atoms with Crippen LogP contribution in [0.4, 0.5) is 0 Å². The first-order valence-corrected chi connectivity index (χ1v) is 7.12. The average molecular weight is 291 g/mol. The second kappa shape index (κ2) is 6.58. The third-order valence-corrected chi connectivity index (χ3v) is 3.80. The number of furan rings is 1. The SMILES string of the molecule is CCC(CC)(CO)NC(=O)c1ccc(Cn2cccn2)o1. The van der Waals surface area contributed by atoms with Gasteiger partial charge >= 0.3 is 0 Å². The monoisotopic (exact) mass is 291 g/mol. The average Bonchev–Trinajstić information content (AvgIpc) is 3.17. The Morgan fingerprint density at radius 2 is 2.19 bits per heavy atom. The van der Waals surface area contributed by atoms with Crippen LogP contribution in [-0.2, 0) is 6.54 Å². The lowest BCUT2D eigenvalue weighted by Gasteiger charge is -2.30. The van der Waals surface area contributed by atoms with E-state index in [2.05, 4.69) is 10.4 Å². The summed E-state index contributed by atoms with van der Waals surface area (Å²) in [5, 5.41) is 16.4. The number of rotatable bonds is 7. The number of nitrogens with zero attached hydrogens (tertiary/aromatic N) is 2. The first kappa shape index (κ1) is 15.3. The lowest BCUT2D eigenvalue weighted by molar-refractivity contribution is 0.0788. The molecule has 0 aliphatic heterocycles. The molecule has 6 nitrogen and oxygen atoms in total. The highest BCUT2D eigenvalue weighted by Crippen LogP contribution is 2.16. The summed E-state index contributed by atoms with van der Waals surface area (Å²) in [6.45, 7) is 4.26. The standard InChI is InChI=1S/C15H21N3O3/c1-3-15(4-2,11-19)17-14(20)13-7-6-12(21-13)10-18-9-5-8-16-18/h5-9,19H,3-4,10-11H2,1-2H3,(H,17,20). The zero-order valence-corrected chi connectivity index (χ0v) is 12.4. The Kier molecular flexibility index (Phi) is 4.80. The maximum atomic E-state index is 12.2. The Bertz CT molecular complexity index is 562. The molecule has 0 radical (unpaired) electrons. The Labute approximate surface area is 123 Å². The van der Waals surface area contributed by atoms with E-state index in [0.29, 0.717) is 25.1 Å². The number of carbonyl (C=O) groups is 1. The molecule has 2 N–H and O–H groups in total. The van der Waals surface area contributed by atoms with E-state index in [1.165, 1.54) is 0 Å². The van der Waals surface area contributed by atoms with Gasteiger partial charge in [0, 0.05) is 12.4 Å². The molecule has 2 rings (SSSR count). The van der Waals surface area contributed by atoms with Gasteiger partial charge < -0.3 is 14.8 Å². The summed E-state index contributed by atoms with van der Waals surface area (Å²) >= 11 is 0. The van der Waals surface area contributed by atoms with Crippen LogP contribution in [0.15, 0.2) is 35.0 Å². The van der Waals surface area contributed by atoms with E-state index in [1.807, 2.05) is 26.1 Å². The minimum atomic E-state index is -0.591. The van der Waals surface area contributed by atoms with E-state index in [0.717, 1.165) is 0 Å². The molecule has 0 unspecified atom stereocenters. The molecule has 114 valence electrons. The fraction of sp³-hybridized carbons (Fsp3) is 0.467. The first-order chi connectivity index (χ1) is 10.1. The summed E-state index contributed by atoms with van der Waals surface area (Å²) < 4.78 is 7.26. The van der Waals surface area contributed by atoms with Crippen LogP contribution in [0.2, 0.25) is 0 Å². The number of amides is 1. The van der Waals surface area contributed by atoms with Crippen molar-refractivity contribution in [3.63, 3.8) is 0 Å². The minimum absolute atomic E-state index is 0.0907. The van der Waals surface area contributed by atoms with Crippen LogP contribution in [0.5, 0.6) is 0 Å². The van der Waals surface area contributed by atoms with Gasteiger partial charge in [0.2, 0.25) is 0 Å². The predicted molar refractivity (Wildman–Crippen MR) is 77.9 cm³/mol. The van der Waals surface area contributed by atoms with Crippen molar-refractivity contribution >= 4 is 5.91 Å². The molecular weight excluding hydrogens is 270 g/mol. The van der Waals surface area contributed by atoms with E-state index < -0.39 is 5.54 Å². The van der Waals surface area contributed by atoms with Gasteiger partial charge in [-0.1, -0.05) is 13.8 Å². The molecule has 2 aromatic heterocycles. The lowest BCUT2D eigenvalue weighted by Crippen LogP contribution is -2.50. The van der Waals surface area contributed by atoms with Crippen molar-refractivity contribution in [2.24, 2.45) is 0 Å². The molecule has 0 saturated heterocycles. The fourth-order valence-corrected chi connectivity index (χ4v) is 2.13. The third-order valence-electron chi connectivity index (χ3n) is 3.80. The number of hydrogen-bond acceptors (Lipinski definition) is 4. The largest absolute Gasteiger partial charge is 0.454 e. The molecule has 0 spiro atoms.